The fraction of sp³-hybridized carbons (Fsp3) is 0.538. The number of likely N-dealkylation sites (tertiary alicyclic amines) is 1. The highest BCUT2D eigenvalue weighted by Gasteiger charge is 2.19. The molecule has 0 bridgehead atoms. The van der Waals surface area contributed by atoms with Crippen molar-refractivity contribution in [1.82, 2.24) is 4.90 Å². The SMILES string of the molecule is Cc1ccc(CN2CCC(N)C2)c(C)c1.Cl. The Morgan fingerprint density at radius 1 is 1.38 bits per heavy atom. The minimum atomic E-state index is 0. The van der Waals surface area contributed by atoms with Gasteiger partial charge in [0.2, 0.25) is 0 Å². The Kier molecular flexibility index (Phi) is 4.78. The molecule has 2 nitrogen and oxygen atoms in total. The van der Waals surface area contributed by atoms with Crippen LogP contribution in [-0.2, 0) is 6.54 Å². The van der Waals surface area contributed by atoms with Gasteiger partial charge in [-0.05, 0) is 31.4 Å². The summed E-state index contributed by atoms with van der Waals surface area (Å²) in [6.07, 6.45) is 1.14. The molecule has 2 N–H and O–H groups in total. The number of nitrogens with two attached hydrogens (primary N) is 1. The Balaban J connectivity index is 0.00000128. The zero-order valence-electron chi connectivity index (χ0n) is 10.1. The first-order valence-corrected chi connectivity index (χ1v) is 5.69. The number of nitrogens with zero attached hydrogens (tertiary/aromatic N) is 1. The topological polar surface area (TPSA) is 29.3 Å². The van der Waals surface area contributed by atoms with Gasteiger partial charge in [0.05, 0.1) is 0 Å². The van der Waals surface area contributed by atoms with Crippen LogP contribution in [0.3, 0.4) is 0 Å². The molecule has 1 aliphatic heterocycles. The summed E-state index contributed by atoms with van der Waals surface area (Å²) >= 11 is 0. The maximum Gasteiger partial charge on any atom is 0.0237 e. The second-order valence-corrected chi connectivity index (χ2v) is 4.71. The molecule has 0 aromatic heterocycles. The van der Waals surface area contributed by atoms with Gasteiger partial charge in [0.15, 0.2) is 0 Å². The van der Waals surface area contributed by atoms with Crippen molar-refractivity contribution in [1.29, 1.82) is 0 Å². The van der Waals surface area contributed by atoms with E-state index in [1.54, 1.807) is 0 Å². The molecule has 1 aromatic carbocycles. The fourth-order valence-corrected chi connectivity index (χ4v) is 2.27. The van der Waals surface area contributed by atoms with Crippen LogP contribution in [0.15, 0.2) is 18.2 Å². The van der Waals surface area contributed by atoms with E-state index < -0.39 is 0 Å². The van der Waals surface area contributed by atoms with Gasteiger partial charge >= 0.3 is 0 Å². The summed E-state index contributed by atoms with van der Waals surface area (Å²) in [5.41, 5.74) is 10.1. The average molecular weight is 241 g/mol. The van der Waals surface area contributed by atoms with Crippen LogP contribution >= 0.6 is 12.4 Å². The molecule has 0 aliphatic carbocycles. The fourth-order valence-electron chi connectivity index (χ4n) is 2.27. The van der Waals surface area contributed by atoms with E-state index in [0.717, 1.165) is 26.1 Å². The van der Waals surface area contributed by atoms with E-state index in [9.17, 15) is 0 Å². The predicted molar refractivity (Wildman–Crippen MR) is 71.0 cm³/mol. The van der Waals surface area contributed by atoms with E-state index in [2.05, 4.69) is 36.9 Å². The molecule has 0 saturated carbocycles. The number of benzene rings is 1. The van der Waals surface area contributed by atoms with E-state index in [1.807, 2.05) is 0 Å². The highest BCUT2D eigenvalue weighted by molar-refractivity contribution is 5.85. The highest BCUT2D eigenvalue weighted by Crippen LogP contribution is 2.16. The molecule has 0 spiro atoms. The quantitative estimate of drug-likeness (QED) is 0.859. The second kappa shape index (κ2) is 5.67. The summed E-state index contributed by atoms with van der Waals surface area (Å²) in [5, 5.41) is 0. The van der Waals surface area contributed by atoms with Crippen LogP contribution in [0, 0.1) is 13.8 Å². The van der Waals surface area contributed by atoms with Crippen LogP contribution in [0.25, 0.3) is 0 Å². The third kappa shape index (κ3) is 3.21. The third-order valence-corrected chi connectivity index (χ3v) is 3.20. The number of hydrogen-bond acceptors (Lipinski definition) is 2. The van der Waals surface area contributed by atoms with Gasteiger partial charge in [0.1, 0.15) is 0 Å². The van der Waals surface area contributed by atoms with Gasteiger partial charge in [-0.2, -0.15) is 0 Å². The van der Waals surface area contributed by atoms with Crippen LogP contribution in [0.5, 0.6) is 0 Å². The summed E-state index contributed by atoms with van der Waals surface area (Å²) in [4.78, 5) is 2.45. The monoisotopic (exact) mass is 240 g/mol. The minimum Gasteiger partial charge on any atom is -0.326 e. The zero-order chi connectivity index (χ0) is 10.8. The summed E-state index contributed by atoms with van der Waals surface area (Å²) in [5.74, 6) is 0. The molecule has 16 heavy (non-hydrogen) atoms. The molecule has 2 rings (SSSR count). The first kappa shape index (κ1) is 13.5. The lowest BCUT2D eigenvalue weighted by molar-refractivity contribution is 0.326. The maximum absolute atomic E-state index is 5.90. The van der Waals surface area contributed by atoms with E-state index in [-0.39, 0.29) is 12.4 Å². The van der Waals surface area contributed by atoms with Crippen LogP contribution < -0.4 is 5.73 Å². The summed E-state index contributed by atoms with van der Waals surface area (Å²) < 4.78 is 0. The molecular weight excluding hydrogens is 220 g/mol. The average Bonchev–Trinajstić information content (AvgIpc) is 2.56. The van der Waals surface area contributed by atoms with Crippen molar-refractivity contribution in [3.05, 3.63) is 34.9 Å². The molecule has 1 aliphatic rings. The lowest BCUT2D eigenvalue weighted by atomic mass is 10.1. The number of hydrogen-bond donors (Lipinski definition) is 1. The molecular formula is C13H21ClN2. The van der Waals surface area contributed by atoms with Crippen LogP contribution in [0.4, 0.5) is 0 Å². The molecule has 1 heterocycles. The van der Waals surface area contributed by atoms with Gasteiger partial charge < -0.3 is 5.73 Å². The predicted octanol–water partition coefficient (Wildman–Crippen LogP) is 2.26. The van der Waals surface area contributed by atoms with E-state index in [4.69, 9.17) is 5.73 Å². The second-order valence-electron chi connectivity index (χ2n) is 4.71. The number of halogens is 1. The van der Waals surface area contributed by atoms with Crippen molar-refractivity contribution >= 4 is 12.4 Å². The summed E-state index contributed by atoms with van der Waals surface area (Å²) in [6, 6.07) is 7.08. The first-order valence-electron chi connectivity index (χ1n) is 5.69. The lowest BCUT2D eigenvalue weighted by Crippen LogP contribution is -2.26. The van der Waals surface area contributed by atoms with Gasteiger partial charge in [-0.15, -0.1) is 12.4 Å². The largest absolute Gasteiger partial charge is 0.326 e. The molecule has 1 unspecified atom stereocenters. The van der Waals surface area contributed by atoms with Gasteiger partial charge in [-0.3, -0.25) is 4.90 Å². The Morgan fingerprint density at radius 2 is 2.12 bits per heavy atom. The van der Waals surface area contributed by atoms with Crippen molar-refractivity contribution in [3.8, 4) is 0 Å². The lowest BCUT2D eigenvalue weighted by Gasteiger charge is -2.17. The summed E-state index contributed by atoms with van der Waals surface area (Å²) in [7, 11) is 0. The van der Waals surface area contributed by atoms with Crippen LogP contribution in [-0.4, -0.2) is 24.0 Å². The molecule has 1 aromatic rings. The Hall–Kier alpha value is -0.570. The zero-order valence-corrected chi connectivity index (χ0v) is 10.9. The molecule has 3 heteroatoms. The highest BCUT2D eigenvalue weighted by atomic mass is 35.5. The van der Waals surface area contributed by atoms with Gasteiger partial charge in [-0.25, -0.2) is 0 Å². The van der Waals surface area contributed by atoms with Gasteiger partial charge in [0, 0.05) is 25.7 Å². The molecule has 90 valence electrons. The normalized spacial score (nSPS) is 20.8. The maximum atomic E-state index is 5.90. The van der Waals surface area contributed by atoms with Crippen molar-refractivity contribution in [2.24, 2.45) is 5.73 Å². The Labute approximate surface area is 104 Å². The molecule has 1 saturated heterocycles. The van der Waals surface area contributed by atoms with Crippen molar-refractivity contribution in [2.45, 2.75) is 32.9 Å². The van der Waals surface area contributed by atoms with Crippen molar-refractivity contribution in [2.75, 3.05) is 13.1 Å². The smallest absolute Gasteiger partial charge is 0.0237 e. The van der Waals surface area contributed by atoms with Crippen LogP contribution in [0.1, 0.15) is 23.1 Å². The molecule has 1 atom stereocenters. The van der Waals surface area contributed by atoms with E-state index >= 15 is 0 Å². The Bertz CT molecular complexity index is 352. The number of aryl methyl sites for hydroxylation is 2. The van der Waals surface area contributed by atoms with Gasteiger partial charge in [-0.1, -0.05) is 23.8 Å². The summed E-state index contributed by atoms with van der Waals surface area (Å²) in [6.45, 7) is 7.59. The third-order valence-electron chi connectivity index (χ3n) is 3.20. The van der Waals surface area contributed by atoms with E-state index in [1.165, 1.54) is 16.7 Å². The van der Waals surface area contributed by atoms with E-state index in [0.29, 0.717) is 6.04 Å². The Morgan fingerprint density at radius 3 is 2.69 bits per heavy atom. The van der Waals surface area contributed by atoms with Crippen molar-refractivity contribution < 1.29 is 0 Å². The van der Waals surface area contributed by atoms with Crippen LogP contribution in [0.2, 0.25) is 0 Å². The molecule has 1 fully saturated rings. The molecule has 0 radical (unpaired) electrons. The minimum absolute atomic E-state index is 0. The first-order chi connectivity index (χ1) is 7.15. The molecule has 0 amide bonds. The standard InChI is InChI=1S/C13H20N2.ClH/c1-10-3-4-12(11(2)7-10)8-15-6-5-13(14)9-15;/h3-4,7,13H,5-6,8-9,14H2,1-2H3;1H. The van der Waals surface area contributed by atoms with Gasteiger partial charge in [0.25, 0.3) is 0 Å². The van der Waals surface area contributed by atoms with Crippen molar-refractivity contribution in [3.63, 3.8) is 0 Å². The number of rotatable bonds is 2.